The van der Waals surface area contributed by atoms with Gasteiger partial charge in [0.05, 0.1) is 0 Å². The van der Waals surface area contributed by atoms with Gasteiger partial charge in [-0.15, -0.1) is 0 Å². The van der Waals surface area contributed by atoms with Gasteiger partial charge in [-0.05, 0) is 0 Å². The van der Waals surface area contributed by atoms with Gasteiger partial charge in [0.2, 0.25) is 0 Å². The summed E-state index contributed by atoms with van der Waals surface area (Å²) in [5, 5.41) is 16.8. The highest BCUT2D eigenvalue weighted by Crippen LogP contribution is 2.26. The van der Waals surface area contributed by atoms with Crippen molar-refractivity contribution in [3.63, 3.8) is 0 Å². The lowest BCUT2D eigenvalue weighted by Gasteiger charge is -2.25. The Morgan fingerprint density at radius 2 is 2.00 bits per heavy atom. The summed E-state index contributed by atoms with van der Waals surface area (Å²) < 4.78 is 0. The molecule has 0 amide bonds. The molecular weight excluding hydrogens is 112 g/mol. The number of aliphatic hydroxyl groups excluding tert-OH is 1. The van der Waals surface area contributed by atoms with Crippen LogP contribution >= 0.6 is 11.8 Å². The van der Waals surface area contributed by atoms with Crippen LogP contribution in [0.2, 0.25) is 0 Å². The molecule has 0 saturated carbocycles. The molecular formula is C4H8O2S. The van der Waals surface area contributed by atoms with Gasteiger partial charge in [0, 0.05) is 17.4 Å². The first-order chi connectivity index (χ1) is 3.30. The summed E-state index contributed by atoms with van der Waals surface area (Å²) in [7, 11) is 0. The number of thioether (sulfide) groups is 1. The molecule has 1 rings (SSSR count). The lowest BCUT2D eigenvalue weighted by molar-refractivity contribution is -0.0733. The Balaban J connectivity index is 2.14. The van der Waals surface area contributed by atoms with E-state index < -0.39 is 6.29 Å². The maximum absolute atomic E-state index is 8.41. The Labute approximate surface area is 46.5 Å². The van der Waals surface area contributed by atoms with Gasteiger partial charge in [0.15, 0.2) is 6.29 Å². The van der Waals surface area contributed by atoms with Gasteiger partial charge < -0.3 is 10.2 Å². The number of rotatable bonds is 1. The van der Waals surface area contributed by atoms with Crippen LogP contribution < -0.4 is 0 Å². The normalized spacial score (nSPS) is 22.7. The molecule has 2 nitrogen and oxygen atoms in total. The van der Waals surface area contributed by atoms with E-state index in [0.29, 0.717) is 0 Å². The zero-order valence-electron chi connectivity index (χ0n) is 3.87. The van der Waals surface area contributed by atoms with Crippen LogP contribution in [0.4, 0.5) is 0 Å². The zero-order chi connectivity index (χ0) is 5.28. The van der Waals surface area contributed by atoms with Gasteiger partial charge in [-0.25, -0.2) is 0 Å². The first kappa shape index (κ1) is 5.41. The lowest BCUT2D eigenvalue weighted by atomic mass is 10.2. The van der Waals surface area contributed by atoms with Gasteiger partial charge in [0.1, 0.15) is 0 Å². The van der Waals surface area contributed by atoms with E-state index in [0.717, 1.165) is 11.5 Å². The molecule has 0 aliphatic carbocycles. The fraction of sp³-hybridized carbons (Fsp3) is 1.00. The maximum Gasteiger partial charge on any atom is 0.155 e. The molecule has 0 aromatic heterocycles. The molecule has 42 valence electrons. The molecule has 0 radical (unpaired) electrons. The van der Waals surface area contributed by atoms with E-state index in [1.807, 2.05) is 0 Å². The van der Waals surface area contributed by atoms with Gasteiger partial charge in [-0.2, -0.15) is 11.8 Å². The Morgan fingerprint density at radius 1 is 1.43 bits per heavy atom. The quantitative estimate of drug-likeness (QED) is 0.465. The van der Waals surface area contributed by atoms with Gasteiger partial charge in [-0.3, -0.25) is 0 Å². The van der Waals surface area contributed by atoms with Crippen molar-refractivity contribution in [1.82, 2.24) is 0 Å². The van der Waals surface area contributed by atoms with Crippen molar-refractivity contribution in [2.75, 3.05) is 11.5 Å². The molecule has 0 bridgehead atoms. The lowest BCUT2D eigenvalue weighted by Crippen LogP contribution is -2.30. The van der Waals surface area contributed by atoms with Crippen LogP contribution in [0.15, 0.2) is 0 Å². The van der Waals surface area contributed by atoms with Crippen LogP contribution in [0.25, 0.3) is 0 Å². The number of aliphatic hydroxyl groups is 2. The highest BCUT2D eigenvalue weighted by molar-refractivity contribution is 8.00. The minimum absolute atomic E-state index is 0.157. The molecule has 1 aliphatic rings. The summed E-state index contributed by atoms with van der Waals surface area (Å²) >= 11 is 1.75. The van der Waals surface area contributed by atoms with Crippen molar-refractivity contribution < 1.29 is 10.2 Å². The third kappa shape index (κ3) is 1.08. The van der Waals surface area contributed by atoms with Crippen molar-refractivity contribution in [2.24, 2.45) is 5.92 Å². The SMILES string of the molecule is OC(O)C1CSC1. The van der Waals surface area contributed by atoms with E-state index in [-0.39, 0.29) is 5.92 Å². The monoisotopic (exact) mass is 120 g/mol. The number of hydrogen-bond donors (Lipinski definition) is 2. The van der Waals surface area contributed by atoms with E-state index in [1.54, 1.807) is 11.8 Å². The molecule has 0 unspecified atom stereocenters. The summed E-state index contributed by atoms with van der Waals surface area (Å²) in [4.78, 5) is 0. The Hall–Kier alpha value is 0.270. The zero-order valence-corrected chi connectivity index (χ0v) is 4.69. The highest BCUT2D eigenvalue weighted by Gasteiger charge is 2.23. The minimum Gasteiger partial charge on any atom is -0.368 e. The van der Waals surface area contributed by atoms with E-state index >= 15 is 0 Å². The average molecular weight is 120 g/mol. The van der Waals surface area contributed by atoms with Gasteiger partial charge in [-0.1, -0.05) is 0 Å². The molecule has 2 N–H and O–H groups in total. The summed E-state index contributed by atoms with van der Waals surface area (Å²) in [5.41, 5.74) is 0. The summed E-state index contributed by atoms with van der Waals surface area (Å²) in [6.45, 7) is 0. The first-order valence-electron chi connectivity index (χ1n) is 2.24. The fourth-order valence-corrected chi connectivity index (χ4v) is 1.28. The summed E-state index contributed by atoms with van der Waals surface area (Å²) in [6, 6.07) is 0. The largest absolute Gasteiger partial charge is 0.368 e. The van der Waals surface area contributed by atoms with Crippen LogP contribution in [-0.4, -0.2) is 28.0 Å². The van der Waals surface area contributed by atoms with E-state index in [4.69, 9.17) is 10.2 Å². The van der Waals surface area contributed by atoms with E-state index in [2.05, 4.69) is 0 Å². The summed E-state index contributed by atoms with van der Waals surface area (Å²) in [6.07, 6.45) is -1.07. The Kier molecular flexibility index (Phi) is 1.57. The Bertz CT molecular complexity index is 60.7. The molecule has 0 spiro atoms. The molecule has 0 atom stereocenters. The molecule has 0 aromatic carbocycles. The fourth-order valence-electron chi connectivity index (χ4n) is 0.426. The average Bonchev–Trinajstić information content (AvgIpc) is 1.23. The Morgan fingerprint density at radius 3 is 2.00 bits per heavy atom. The second-order valence-corrected chi connectivity index (χ2v) is 2.79. The molecule has 1 heterocycles. The standard InChI is InChI=1S/C4H8O2S/c5-4(6)3-1-7-2-3/h3-6H,1-2H2. The molecule has 1 fully saturated rings. The molecule has 3 heteroatoms. The highest BCUT2D eigenvalue weighted by atomic mass is 32.2. The molecule has 7 heavy (non-hydrogen) atoms. The van der Waals surface area contributed by atoms with Crippen molar-refractivity contribution >= 4 is 11.8 Å². The minimum atomic E-state index is -1.07. The third-order valence-electron chi connectivity index (χ3n) is 1.09. The first-order valence-corrected chi connectivity index (χ1v) is 3.40. The second-order valence-electron chi connectivity index (χ2n) is 1.71. The van der Waals surface area contributed by atoms with Crippen molar-refractivity contribution in [3.05, 3.63) is 0 Å². The van der Waals surface area contributed by atoms with Crippen molar-refractivity contribution in [3.8, 4) is 0 Å². The predicted octanol–water partition coefficient (Wildman–Crippen LogP) is -0.340. The second kappa shape index (κ2) is 2.03. The summed E-state index contributed by atoms with van der Waals surface area (Å²) in [5.74, 6) is 1.99. The maximum atomic E-state index is 8.41. The van der Waals surface area contributed by atoms with Crippen molar-refractivity contribution in [2.45, 2.75) is 6.29 Å². The van der Waals surface area contributed by atoms with E-state index in [1.165, 1.54) is 0 Å². The third-order valence-corrected chi connectivity index (χ3v) is 2.41. The van der Waals surface area contributed by atoms with Crippen LogP contribution in [-0.2, 0) is 0 Å². The molecule has 0 aromatic rings. The van der Waals surface area contributed by atoms with Crippen LogP contribution in [0.1, 0.15) is 0 Å². The molecule has 1 saturated heterocycles. The van der Waals surface area contributed by atoms with Crippen LogP contribution in [0.3, 0.4) is 0 Å². The van der Waals surface area contributed by atoms with Crippen LogP contribution in [0, 0.1) is 5.92 Å². The van der Waals surface area contributed by atoms with Crippen LogP contribution in [0.5, 0.6) is 0 Å². The number of hydrogen-bond acceptors (Lipinski definition) is 3. The van der Waals surface area contributed by atoms with Gasteiger partial charge >= 0.3 is 0 Å². The topological polar surface area (TPSA) is 40.5 Å². The van der Waals surface area contributed by atoms with Crippen molar-refractivity contribution in [1.29, 1.82) is 0 Å². The predicted molar refractivity (Wildman–Crippen MR) is 29.0 cm³/mol. The smallest absolute Gasteiger partial charge is 0.155 e. The molecule has 1 aliphatic heterocycles. The van der Waals surface area contributed by atoms with Gasteiger partial charge in [0.25, 0.3) is 0 Å². The van der Waals surface area contributed by atoms with E-state index in [9.17, 15) is 0 Å².